The third-order valence-electron chi connectivity index (χ3n) is 7.98. The number of nitrogens with zero attached hydrogens (tertiary/aromatic N) is 6. The van der Waals surface area contributed by atoms with Gasteiger partial charge in [0, 0.05) is 42.5 Å². The molecule has 19 nitrogen and oxygen atoms in total. The topological polar surface area (TPSA) is 267 Å². The Morgan fingerprint density at radius 1 is 1.25 bits per heavy atom. The van der Waals surface area contributed by atoms with E-state index >= 15 is 0 Å². The van der Waals surface area contributed by atoms with Gasteiger partial charge in [-0.05, 0) is 31.4 Å². The molecule has 4 amide bonds. The number of aryl methyl sites for hydroxylation is 1. The van der Waals surface area contributed by atoms with E-state index in [4.69, 9.17) is 19.3 Å². The fourth-order valence-electron chi connectivity index (χ4n) is 5.69. The van der Waals surface area contributed by atoms with Crippen LogP contribution in [0.4, 0.5) is 9.93 Å². The van der Waals surface area contributed by atoms with Crippen LogP contribution in [0.2, 0.25) is 0 Å². The standard InChI is InChI=1S/C26H26N8O11S2.Na/c1-10-14(45-26(41)44-10)8-43-25(40)32-4-3-13(7-32)33-5-2-11(20(33)36)6-12-9-46-22-16(21(37)34(22)17(12)23(38)39)28-19(35)15(30-42)18-29-24(27)47-31-18;/h6,13,16,22,42H,2-5,7-9H2,1H3,(H,28,35)(H,38,39)(H2,27,29,31);/q;+1/p-1/b11-6+,30-15-;. The SMILES string of the molecule is Cc1oc(=O)oc1COC(=O)N1CCC(N2CC/C(=C\C3=C(C(=O)[O-])N4C(=O)C(NC(=O)/C(=N\O)c5nsc(N)n5)C4SC3)C2=O)C1.[Na+]. The second-order valence-electron chi connectivity index (χ2n) is 10.7. The fourth-order valence-corrected chi connectivity index (χ4v) is 7.43. The number of carbonyl (C=O) groups is 5. The number of likely N-dealkylation sites (tertiary alicyclic amines) is 2. The molecule has 6 rings (SSSR count). The van der Waals surface area contributed by atoms with Gasteiger partial charge in [-0.25, -0.2) is 9.59 Å². The molecule has 0 aliphatic carbocycles. The number of carboxylic acids is 1. The maximum Gasteiger partial charge on any atom is 1.00 e. The second-order valence-corrected chi connectivity index (χ2v) is 12.6. The minimum Gasteiger partial charge on any atom is -0.543 e. The van der Waals surface area contributed by atoms with E-state index in [0.29, 0.717) is 31.5 Å². The summed E-state index contributed by atoms with van der Waals surface area (Å²) in [5.41, 5.74) is 5.07. The van der Waals surface area contributed by atoms with E-state index in [9.17, 15) is 39.1 Å². The number of nitrogens with one attached hydrogen (secondary N) is 1. The van der Waals surface area contributed by atoms with E-state index in [1.54, 1.807) is 4.90 Å². The largest absolute Gasteiger partial charge is 1.00 e. The van der Waals surface area contributed by atoms with E-state index in [1.165, 1.54) is 29.7 Å². The van der Waals surface area contributed by atoms with Crippen molar-refractivity contribution in [1.29, 1.82) is 0 Å². The number of ether oxygens (including phenoxy) is 1. The van der Waals surface area contributed by atoms with Gasteiger partial charge in [0.25, 0.3) is 11.8 Å². The first-order valence-electron chi connectivity index (χ1n) is 14.0. The van der Waals surface area contributed by atoms with Crippen molar-refractivity contribution >= 4 is 63.9 Å². The number of nitrogen functional groups attached to an aromatic ring is 1. The number of allylic oxidation sites excluding steroid dienone is 1. The van der Waals surface area contributed by atoms with Crippen LogP contribution in [0.3, 0.4) is 0 Å². The van der Waals surface area contributed by atoms with Crippen LogP contribution in [0, 0.1) is 6.92 Å². The third kappa shape index (κ3) is 6.59. The molecular formula is C26H25N8NaO11S2. The molecule has 4 aliphatic heterocycles. The van der Waals surface area contributed by atoms with E-state index < -0.39 is 52.5 Å². The van der Waals surface area contributed by atoms with Crippen molar-refractivity contribution in [3.63, 3.8) is 0 Å². The molecule has 248 valence electrons. The summed E-state index contributed by atoms with van der Waals surface area (Å²) in [6.07, 6.45) is 1.60. The number of hydrogen-bond acceptors (Lipinski definition) is 17. The van der Waals surface area contributed by atoms with Gasteiger partial charge < -0.3 is 49.5 Å². The van der Waals surface area contributed by atoms with Crippen molar-refractivity contribution in [2.24, 2.45) is 5.16 Å². The quantitative estimate of drug-likeness (QED) is 0.0578. The molecule has 2 aromatic rings. The number of nitrogens with two attached hydrogens (primary N) is 1. The molecule has 0 radical (unpaired) electrons. The number of β-lactam (4-membered cyclic amide) rings is 1. The summed E-state index contributed by atoms with van der Waals surface area (Å²) in [5.74, 6) is -4.41. The number of oxime groups is 1. The van der Waals surface area contributed by atoms with Crippen LogP contribution >= 0.6 is 23.3 Å². The van der Waals surface area contributed by atoms with Gasteiger partial charge in [0.1, 0.15) is 11.4 Å². The molecule has 4 aliphatic rings. The van der Waals surface area contributed by atoms with Gasteiger partial charge in [-0.2, -0.15) is 9.36 Å². The Labute approximate surface area is 300 Å². The summed E-state index contributed by atoms with van der Waals surface area (Å²) >= 11 is 1.94. The average Bonchev–Trinajstić information content (AvgIpc) is 3.83. The van der Waals surface area contributed by atoms with Crippen LogP contribution in [0.5, 0.6) is 0 Å². The van der Waals surface area contributed by atoms with E-state index in [-0.39, 0.29) is 88.5 Å². The fraction of sp³-hybridized carbons (Fsp3) is 0.423. The average molecular weight is 713 g/mol. The summed E-state index contributed by atoms with van der Waals surface area (Å²) in [7, 11) is 0. The van der Waals surface area contributed by atoms with Crippen molar-refractivity contribution in [2.45, 2.75) is 43.8 Å². The molecule has 3 unspecified atom stereocenters. The van der Waals surface area contributed by atoms with Crippen LogP contribution in [0.1, 0.15) is 30.2 Å². The van der Waals surface area contributed by atoms with Crippen LogP contribution in [-0.4, -0.2) is 108 Å². The van der Waals surface area contributed by atoms with E-state index in [2.05, 4.69) is 19.8 Å². The molecule has 3 atom stereocenters. The number of thioether (sulfide) groups is 1. The minimum absolute atomic E-state index is 0. The second kappa shape index (κ2) is 14.1. The summed E-state index contributed by atoms with van der Waals surface area (Å²) < 4.78 is 18.6. The first-order valence-corrected chi connectivity index (χ1v) is 15.8. The van der Waals surface area contributed by atoms with Crippen LogP contribution in [0.15, 0.2) is 41.7 Å². The molecule has 4 N–H and O–H groups in total. The van der Waals surface area contributed by atoms with Gasteiger partial charge in [0.05, 0.1) is 17.7 Å². The molecule has 0 spiro atoms. The first-order chi connectivity index (χ1) is 22.5. The van der Waals surface area contributed by atoms with Crippen molar-refractivity contribution in [3.05, 3.63) is 50.9 Å². The Balaban J connectivity index is 0.00000451. The number of amides is 4. The number of hydrogen-bond donors (Lipinski definition) is 3. The number of anilines is 1. The van der Waals surface area contributed by atoms with Crippen molar-refractivity contribution in [2.75, 3.05) is 31.1 Å². The third-order valence-corrected chi connectivity index (χ3v) is 9.82. The van der Waals surface area contributed by atoms with Crippen LogP contribution in [-0.2, 0) is 30.5 Å². The Morgan fingerprint density at radius 3 is 2.67 bits per heavy atom. The number of aliphatic carboxylic acids is 1. The molecule has 6 heterocycles. The first kappa shape index (κ1) is 35.1. The normalized spacial score (nSPS) is 23.3. The molecule has 0 bridgehead atoms. The van der Waals surface area contributed by atoms with Gasteiger partial charge in [0.15, 0.2) is 23.3 Å². The van der Waals surface area contributed by atoms with Gasteiger partial charge in [-0.3, -0.25) is 19.3 Å². The van der Waals surface area contributed by atoms with E-state index in [0.717, 1.165) is 16.4 Å². The molecule has 2 aromatic heterocycles. The monoisotopic (exact) mass is 712 g/mol. The number of rotatable bonds is 8. The predicted octanol–water partition coefficient (Wildman–Crippen LogP) is -4.87. The maximum atomic E-state index is 13.4. The van der Waals surface area contributed by atoms with Gasteiger partial charge in [-0.1, -0.05) is 5.16 Å². The zero-order chi connectivity index (χ0) is 33.6. The Bertz CT molecular complexity index is 1830. The molecule has 48 heavy (non-hydrogen) atoms. The Hall–Kier alpha value is -4.18. The van der Waals surface area contributed by atoms with Crippen molar-refractivity contribution < 1.29 is 77.4 Å². The van der Waals surface area contributed by atoms with Crippen molar-refractivity contribution in [1.82, 2.24) is 29.4 Å². The minimum atomic E-state index is -1.63. The molecule has 0 aromatic carbocycles. The molecule has 3 fully saturated rings. The summed E-state index contributed by atoms with van der Waals surface area (Å²) in [4.78, 5) is 83.0. The number of carboxylic acid groups (broad SMARTS) is 1. The zero-order valence-electron chi connectivity index (χ0n) is 25.4. The number of aromatic nitrogens is 2. The number of carbonyl (C=O) groups excluding carboxylic acids is 5. The predicted molar refractivity (Wildman–Crippen MR) is 156 cm³/mol. The molecular weight excluding hydrogens is 687 g/mol. The zero-order valence-corrected chi connectivity index (χ0v) is 29.0. The van der Waals surface area contributed by atoms with Gasteiger partial charge in [-0.15, -0.1) is 11.8 Å². The Kier molecular flexibility index (Phi) is 10.3. The molecule has 22 heteroatoms. The summed E-state index contributed by atoms with van der Waals surface area (Å²) in [6.45, 7) is 2.09. The molecule has 3 saturated heterocycles. The number of fused-ring (bicyclic) bond motifs is 1. The van der Waals surface area contributed by atoms with Crippen LogP contribution in [0.25, 0.3) is 0 Å². The summed E-state index contributed by atoms with van der Waals surface area (Å²) in [5, 5.41) is 26.1. The van der Waals surface area contributed by atoms with E-state index in [1.807, 2.05) is 0 Å². The van der Waals surface area contributed by atoms with Crippen molar-refractivity contribution in [3.8, 4) is 0 Å². The summed E-state index contributed by atoms with van der Waals surface area (Å²) in [6, 6.07) is -1.45. The van der Waals surface area contributed by atoms with Gasteiger partial charge in [0.2, 0.25) is 17.4 Å². The van der Waals surface area contributed by atoms with Crippen LogP contribution < -0.4 is 51.5 Å². The Morgan fingerprint density at radius 2 is 2.02 bits per heavy atom. The maximum absolute atomic E-state index is 13.4. The van der Waals surface area contributed by atoms with Gasteiger partial charge >= 0.3 is 41.5 Å². The molecule has 0 saturated carbocycles. The smallest absolute Gasteiger partial charge is 0.543 e.